The van der Waals surface area contributed by atoms with Crippen LogP contribution in [0.25, 0.3) is 5.82 Å². The van der Waals surface area contributed by atoms with Crippen LogP contribution in [0.3, 0.4) is 0 Å². The SMILES string of the molecule is CCOC(=O)c1cnn(-c2ccccn2)c1C(C)(F)C(F)(F)F. The molecule has 0 aromatic carbocycles. The normalized spacial score (nSPS) is 14.3. The lowest BCUT2D eigenvalue weighted by Gasteiger charge is -2.25. The van der Waals surface area contributed by atoms with Gasteiger partial charge in [0.25, 0.3) is 0 Å². The van der Waals surface area contributed by atoms with E-state index in [0.29, 0.717) is 11.6 Å². The Balaban J connectivity index is 2.69. The Labute approximate surface area is 128 Å². The zero-order valence-corrected chi connectivity index (χ0v) is 12.3. The molecule has 0 aliphatic rings. The highest BCUT2D eigenvalue weighted by molar-refractivity contribution is 5.91. The van der Waals surface area contributed by atoms with Gasteiger partial charge < -0.3 is 4.74 Å². The monoisotopic (exact) mass is 331 g/mol. The number of carbonyl (C=O) groups excluding carboxylic acids is 1. The van der Waals surface area contributed by atoms with Crippen molar-refractivity contribution in [3.63, 3.8) is 0 Å². The molecule has 5 nitrogen and oxygen atoms in total. The molecular formula is C14H13F4N3O2. The maximum atomic E-state index is 14.5. The highest BCUT2D eigenvalue weighted by atomic mass is 19.4. The Morgan fingerprint density at radius 2 is 2.00 bits per heavy atom. The summed E-state index contributed by atoms with van der Waals surface area (Å²) in [5, 5.41) is 3.68. The van der Waals surface area contributed by atoms with E-state index in [9.17, 15) is 22.4 Å². The molecule has 1 unspecified atom stereocenters. The number of alkyl halides is 4. The quantitative estimate of drug-likeness (QED) is 0.638. The predicted molar refractivity (Wildman–Crippen MR) is 71.8 cm³/mol. The third-order valence-corrected chi connectivity index (χ3v) is 3.11. The van der Waals surface area contributed by atoms with Crippen molar-refractivity contribution in [2.45, 2.75) is 25.7 Å². The Bertz CT molecular complexity index is 696. The van der Waals surface area contributed by atoms with Crippen LogP contribution in [0.15, 0.2) is 30.6 Å². The number of rotatable bonds is 4. The van der Waals surface area contributed by atoms with E-state index in [-0.39, 0.29) is 12.4 Å². The number of ether oxygens (including phenoxy) is 1. The number of aromatic nitrogens is 3. The molecule has 9 heteroatoms. The number of carbonyl (C=O) groups is 1. The van der Waals surface area contributed by atoms with Gasteiger partial charge in [0.1, 0.15) is 11.3 Å². The summed E-state index contributed by atoms with van der Waals surface area (Å²) in [4.78, 5) is 15.7. The largest absolute Gasteiger partial charge is 0.462 e. The zero-order valence-electron chi connectivity index (χ0n) is 12.3. The van der Waals surface area contributed by atoms with Crippen molar-refractivity contribution in [1.82, 2.24) is 14.8 Å². The molecule has 2 aromatic heterocycles. The molecule has 23 heavy (non-hydrogen) atoms. The van der Waals surface area contributed by atoms with Gasteiger partial charge in [-0.2, -0.15) is 18.3 Å². The summed E-state index contributed by atoms with van der Waals surface area (Å²) >= 11 is 0. The second-order valence-corrected chi connectivity index (χ2v) is 4.73. The smallest absolute Gasteiger partial charge is 0.428 e. The first-order valence-electron chi connectivity index (χ1n) is 6.62. The molecule has 0 radical (unpaired) electrons. The van der Waals surface area contributed by atoms with E-state index < -0.39 is 29.1 Å². The zero-order chi connectivity index (χ0) is 17.3. The van der Waals surface area contributed by atoms with E-state index in [4.69, 9.17) is 0 Å². The van der Waals surface area contributed by atoms with Gasteiger partial charge in [0.2, 0.25) is 5.67 Å². The van der Waals surface area contributed by atoms with Crippen molar-refractivity contribution in [3.8, 4) is 5.82 Å². The molecule has 0 bridgehead atoms. The van der Waals surface area contributed by atoms with Crippen molar-refractivity contribution >= 4 is 5.97 Å². The summed E-state index contributed by atoms with van der Waals surface area (Å²) in [5.74, 6) is -1.14. The second-order valence-electron chi connectivity index (χ2n) is 4.73. The third kappa shape index (κ3) is 3.03. The van der Waals surface area contributed by atoms with Gasteiger partial charge in [-0.05, 0) is 26.0 Å². The maximum Gasteiger partial charge on any atom is 0.428 e. The van der Waals surface area contributed by atoms with Gasteiger partial charge in [-0.1, -0.05) is 6.07 Å². The Hall–Kier alpha value is -2.45. The minimum Gasteiger partial charge on any atom is -0.462 e. The summed E-state index contributed by atoms with van der Waals surface area (Å²) < 4.78 is 59.3. The lowest BCUT2D eigenvalue weighted by Crippen LogP contribution is -2.38. The van der Waals surface area contributed by atoms with Crippen LogP contribution in [0.1, 0.15) is 29.9 Å². The molecule has 2 heterocycles. The first-order valence-corrected chi connectivity index (χ1v) is 6.62. The fraction of sp³-hybridized carbons (Fsp3) is 0.357. The van der Waals surface area contributed by atoms with Gasteiger partial charge in [0.05, 0.1) is 12.8 Å². The topological polar surface area (TPSA) is 57.0 Å². The molecule has 0 saturated carbocycles. The van der Waals surface area contributed by atoms with Crippen molar-refractivity contribution in [1.29, 1.82) is 0 Å². The molecule has 0 N–H and O–H groups in total. The van der Waals surface area contributed by atoms with Crippen LogP contribution in [-0.4, -0.2) is 33.5 Å². The maximum absolute atomic E-state index is 14.5. The number of hydrogen-bond acceptors (Lipinski definition) is 4. The Morgan fingerprint density at radius 1 is 1.30 bits per heavy atom. The first-order chi connectivity index (χ1) is 10.7. The van der Waals surface area contributed by atoms with Crippen molar-refractivity contribution in [2.75, 3.05) is 6.61 Å². The molecule has 0 aliphatic carbocycles. The van der Waals surface area contributed by atoms with Gasteiger partial charge in [0.15, 0.2) is 5.82 Å². The van der Waals surface area contributed by atoms with Crippen LogP contribution >= 0.6 is 0 Å². The highest BCUT2D eigenvalue weighted by Gasteiger charge is 2.57. The average molecular weight is 331 g/mol. The minimum absolute atomic E-state index is 0.0498. The van der Waals surface area contributed by atoms with Gasteiger partial charge in [-0.25, -0.2) is 18.9 Å². The highest BCUT2D eigenvalue weighted by Crippen LogP contribution is 2.44. The summed E-state index contributed by atoms with van der Waals surface area (Å²) in [7, 11) is 0. The molecule has 1 atom stereocenters. The molecule has 124 valence electrons. The molecule has 0 amide bonds. The Kier molecular flexibility index (Phi) is 4.39. The summed E-state index contributed by atoms with van der Waals surface area (Å²) in [5.41, 5.74) is -5.38. The predicted octanol–water partition coefficient (Wildman–Crippen LogP) is 3.19. The van der Waals surface area contributed by atoms with E-state index in [1.807, 2.05) is 0 Å². The fourth-order valence-electron chi connectivity index (χ4n) is 1.95. The third-order valence-electron chi connectivity index (χ3n) is 3.11. The Morgan fingerprint density at radius 3 is 2.52 bits per heavy atom. The number of hydrogen-bond donors (Lipinski definition) is 0. The van der Waals surface area contributed by atoms with Crippen molar-refractivity contribution in [2.24, 2.45) is 0 Å². The van der Waals surface area contributed by atoms with E-state index >= 15 is 0 Å². The van der Waals surface area contributed by atoms with Gasteiger partial charge >= 0.3 is 12.1 Å². The molecule has 0 spiro atoms. The molecular weight excluding hydrogens is 318 g/mol. The van der Waals surface area contributed by atoms with Crippen LogP contribution in [0.4, 0.5) is 17.6 Å². The van der Waals surface area contributed by atoms with E-state index in [0.717, 1.165) is 6.20 Å². The van der Waals surface area contributed by atoms with E-state index in [1.165, 1.54) is 31.3 Å². The summed E-state index contributed by atoms with van der Waals surface area (Å²) in [6, 6.07) is 4.39. The average Bonchev–Trinajstić information content (AvgIpc) is 2.92. The summed E-state index contributed by atoms with van der Waals surface area (Å²) in [6.07, 6.45) is -3.10. The molecule has 2 aromatic rings. The lowest BCUT2D eigenvalue weighted by molar-refractivity contribution is -0.230. The van der Waals surface area contributed by atoms with Gasteiger partial charge in [-0.15, -0.1) is 0 Å². The second kappa shape index (κ2) is 5.98. The summed E-state index contributed by atoms with van der Waals surface area (Å²) in [6.45, 7) is 1.74. The van der Waals surface area contributed by atoms with Crippen LogP contribution in [0.2, 0.25) is 0 Å². The van der Waals surface area contributed by atoms with Crippen molar-refractivity contribution in [3.05, 3.63) is 41.9 Å². The first kappa shape index (κ1) is 16.9. The van der Waals surface area contributed by atoms with Crippen LogP contribution in [0, 0.1) is 0 Å². The van der Waals surface area contributed by atoms with Gasteiger partial charge in [0, 0.05) is 6.20 Å². The number of esters is 1. The number of pyridine rings is 1. The fourth-order valence-corrected chi connectivity index (χ4v) is 1.95. The van der Waals surface area contributed by atoms with E-state index in [2.05, 4.69) is 14.8 Å². The molecule has 0 aliphatic heterocycles. The van der Waals surface area contributed by atoms with Crippen LogP contribution < -0.4 is 0 Å². The lowest BCUT2D eigenvalue weighted by atomic mass is 9.99. The number of nitrogens with zero attached hydrogens (tertiary/aromatic N) is 3. The van der Waals surface area contributed by atoms with Gasteiger partial charge in [-0.3, -0.25) is 0 Å². The molecule has 0 saturated heterocycles. The van der Waals surface area contributed by atoms with Crippen LogP contribution in [0.5, 0.6) is 0 Å². The van der Waals surface area contributed by atoms with Crippen LogP contribution in [-0.2, 0) is 10.4 Å². The molecule has 2 rings (SSSR count). The standard InChI is InChI=1S/C14H13F4N3O2/c1-3-23-12(22)9-8-20-21(10-6-4-5-7-19-10)11(9)13(2,15)14(16,17)18/h4-8H,3H2,1-2H3. The number of halogens is 4. The van der Waals surface area contributed by atoms with Crippen molar-refractivity contribution < 1.29 is 27.1 Å². The van der Waals surface area contributed by atoms with E-state index in [1.54, 1.807) is 0 Å². The minimum atomic E-state index is -5.25. The molecule has 0 fully saturated rings.